The summed E-state index contributed by atoms with van der Waals surface area (Å²) in [6.07, 6.45) is -4.14. The van der Waals surface area contributed by atoms with Crippen molar-refractivity contribution in [2.45, 2.75) is 32.0 Å². The van der Waals surface area contributed by atoms with Gasteiger partial charge in [0.2, 0.25) is 0 Å². The second kappa shape index (κ2) is 5.77. The molecule has 6 heteroatoms. The fraction of sp³-hybridized carbons (Fsp3) is 0.538. The molecule has 0 aliphatic carbocycles. The molecule has 0 aromatic heterocycles. The van der Waals surface area contributed by atoms with E-state index in [9.17, 15) is 17.6 Å². The highest BCUT2D eigenvalue weighted by Crippen LogP contribution is 2.43. The van der Waals surface area contributed by atoms with Crippen molar-refractivity contribution in [1.82, 2.24) is 5.32 Å². The molecule has 0 saturated heterocycles. The third kappa shape index (κ3) is 3.00. The average molecular weight is 279 g/mol. The molecule has 1 unspecified atom stereocenters. The number of alkyl halides is 3. The zero-order valence-corrected chi connectivity index (χ0v) is 11.1. The molecule has 0 heterocycles. The van der Waals surface area contributed by atoms with Crippen molar-refractivity contribution in [3.63, 3.8) is 0 Å². The molecule has 19 heavy (non-hydrogen) atoms. The van der Waals surface area contributed by atoms with Crippen molar-refractivity contribution in [1.29, 1.82) is 0 Å². The first-order chi connectivity index (χ1) is 8.78. The molecule has 0 saturated carbocycles. The summed E-state index contributed by atoms with van der Waals surface area (Å²) < 4.78 is 58.7. The second-order valence-electron chi connectivity index (χ2n) is 4.37. The van der Waals surface area contributed by atoms with Crippen LogP contribution in [-0.4, -0.2) is 19.8 Å². The molecular weight excluding hydrogens is 262 g/mol. The lowest BCUT2D eigenvalue weighted by atomic mass is 9.89. The SMILES string of the molecule is CCCNC(C)(c1c(F)cccc1OC)C(F)(F)F. The van der Waals surface area contributed by atoms with E-state index in [1.165, 1.54) is 19.2 Å². The minimum atomic E-state index is -4.64. The Bertz CT molecular complexity index is 433. The summed E-state index contributed by atoms with van der Waals surface area (Å²) in [5.41, 5.74) is -3.00. The number of methoxy groups -OCH3 is 1. The Hall–Kier alpha value is -1.30. The standard InChI is InChI=1S/C13H17F4NO/c1-4-8-18-12(2,13(15,16)17)11-9(14)6-5-7-10(11)19-3/h5-7,18H,4,8H2,1-3H3. The average Bonchev–Trinajstić information content (AvgIpc) is 2.34. The van der Waals surface area contributed by atoms with E-state index in [1.54, 1.807) is 6.92 Å². The Labute approximate surface area is 109 Å². The molecule has 0 spiro atoms. The molecule has 1 atom stereocenters. The Kier molecular flexibility index (Phi) is 4.79. The minimum absolute atomic E-state index is 0.119. The number of halogens is 4. The Morgan fingerprint density at radius 3 is 2.37 bits per heavy atom. The number of nitrogens with one attached hydrogen (secondary N) is 1. The molecule has 0 fully saturated rings. The summed E-state index contributed by atoms with van der Waals surface area (Å²) in [4.78, 5) is 0. The van der Waals surface area contributed by atoms with Crippen molar-refractivity contribution < 1.29 is 22.3 Å². The van der Waals surface area contributed by atoms with Gasteiger partial charge in [0.05, 0.1) is 12.7 Å². The van der Waals surface area contributed by atoms with Gasteiger partial charge in [0, 0.05) is 0 Å². The molecular formula is C13H17F4NO. The van der Waals surface area contributed by atoms with Crippen LogP contribution in [0.1, 0.15) is 25.8 Å². The van der Waals surface area contributed by atoms with E-state index >= 15 is 0 Å². The number of hydrogen-bond acceptors (Lipinski definition) is 2. The first-order valence-electron chi connectivity index (χ1n) is 5.92. The van der Waals surface area contributed by atoms with Gasteiger partial charge in [-0.2, -0.15) is 13.2 Å². The van der Waals surface area contributed by atoms with Crippen molar-refractivity contribution in [2.24, 2.45) is 0 Å². The Balaban J connectivity index is 3.41. The molecule has 2 nitrogen and oxygen atoms in total. The molecule has 108 valence electrons. The lowest BCUT2D eigenvalue weighted by Crippen LogP contribution is -2.52. The van der Waals surface area contributed by atoms with Crippen molar-refractivity contribution in [3.05, 3.63) is 29.6 Å². The van der Waals surface area contributed by atoms with E-state index in [0.717, 1.165) is 13.0 Å². The number of ether oxygens (including phenoxy) is 1. The van der Waals surface area contributed by atoms with E-state index in [4.69, 9.17) is 4.74 Å². The van der Waals surface area contributed by atoms with Gasteiger partial charge in [-0.25, -0.2) is 4.39 Å². The molecule has 0 radical (unpaired) electrons. The normalized spacial score (nSPS) is 15.1. The Morgan fingerprint density at radius 1 is 1.26 bits per heavy atom. The van der Waals surface area contributed by atoms with Gasteiger partial charge >= 0.3 is 6.18 Å². The lowest BCUT2D eigenvalue weighted by molar-refractivity contribution is -0.196. The van der Waals surface area contributed by atoms with Crippen LogP contribution < -0.4 is 10.1 Å². The van der Waals surface area contributed by atoms with Gasteiger partial charge in [-0.05, 0) is 32.0 Å². The smallest absolute Gasteiger partial charge is 0.410 e. The number of hydrogen-bond donors (Lipinski definition) is 1. The van der Waals surface area contributed by atoms with Gasteiger partial charge in [-0.15, -0.1) is 0 Å². The first kappa shape index (κ1) is 15.8. The largest absolute Gasteiger partial charge is 0.496 e. The molecule has 0 amide bonds. The van der Waals surface area contributed by atoms with Gasteiger partial charge < -0.3 is 4.74 Å². The summed E-state index contributed by atoms with van der Waals surface area (Å²) in [7, 11) is 1.22. The molecule has 0 aliphatic rings. The zero-order valence-electron chi connectivity index (χ0n) is 11.1. The molecule has 0 bridgehead atoms. The van der Waals surface area contributed by atoms with Crippen molar-refractivity contribution >= 4 is 0 Å². The van der Waals surface area contributed by atoms with E-state index in [0.29, 0.717) is 6.42 Å². The van der Waals surface area contributed by atoms with Gasteiger partial charge in [0.1, 0.15) is 17.1 Å². The zero-order chi connectivity index (χ0) is 14.7. The minimum Gasteiger partial charge on any atom is -0.496 e. The molecule has 1 N–H and O–H groups in total. The summed E-state index contributed by atoms with van der Waals surface area (Å²) in [6, 6.07) is 3.62. The monoisotopic (exact) mass is 279 g/mol. The maximum absolute atomic E-state index is 13.9. The van der Waals surface area contributed by atoms with Gasteiger partial charge in [0.25, 0.3) is 0 Å². The van der Waals surface area contributed by atoms with Crippen LogP contribution in [0, 0.1) is 5.82 Å². The van der Waals surface area contributed by atoms with Crippen LogP contribution >= 0.6 is 0 Å². The van der Waals surface area contributed by atoms with Crippen LogP contribution in [0.5, 0.6) is 5.75 Å². The fourth-order valence-corrected chi connectivity index (χ4v) is 1.87. The van der Waals surface area contributed by atoms with E-state index in [1.807, 2.05) is 0 Å². The Morgan fingerprint density at radius 2 is 1.89 bits per heavy atom. The van der Waals surface area contributed by atoms with Crippen LogP contribution in [0.25, 0.3) is 0 Å². The molecule has 1 aromatic carbocycles. The maximum Gasteiger partial charge on any atom is 0.410 e. The van der Waals surface area contributed by atoms with Crippen LogP contribution in [0.2, 0.25) is 0 Å². The summed E-state index contributed by atoms with van der Waals surface area (Å²) in [6.45, 7) is 2.78. The number of benzene rings is 1. The van der Waals surface area contributed by atoms with Crippen molar-refractivity contribution in [3.8, 4) is 5.75 Å². The van der Waals surface area contributed by atoms with Gasteiger partial charge in [-0.1, -0.05) is 13.0 Å². The highest BCUT2D eigenvalue weighted by atomic mass is 19.4. The third-order valence-electron chi connectivity index (χ3n) is 2.99. The van der Waals surface area contributed by atoms with Gasteiger partial charge in [0.15, 0.2) is 0 Å². The third-order valence-corrected chi connectivity index (χ3v) is 2.99. The van der Waals surface area contributed by atoms with Crippen LogP contribution in [-0.2, 0) is 5.54 Å². The van der Waals surface area contributed by atoms with Gasteiger partial charge in [-0.3, -0.25) is 5.32 Å². The molecule has 1 rings (SSSR count). The number of rotatable bonds is 5. The molecule has 0 aliphatic heterocycles. The van der Waals surface area contributed by atoms with E-state index < -0.39 is 23.1 Å². The summed E-state index contributed by atoms with van der Waals surface area (Å²) in [5, 5.41) is 2.37. The van der Waals surface area contributed by atoms with Crippen LogP contribution in [0.15, 0.2) is 18.2 Å². The van der Waals surface area contributed by atoms with E-state index in [-0.39, 0.29) is 12.3 Å². The molecule has 1 aromatic rings. The predicted octanol–water partition coefficient (Wildman–Crippen LogP) is 3.61. The summed E-state index contributed by atoms with van der Waals surface area (Å²) in [5.74, 6) is -1.06. The van der Waals surface area contributed by atoms with E-state index in [2.05, 4.69) is 5.32 Å². The fourth-order valence-electron chi connectivity index (χ4n) is 1.87. The van der Waals surface area contributed by atoms with Crippen LogP contribution in [0.3, 0.4) is 0 Å². The summed E-state index contributed by atoms with van der Waals surface area (Å²) >= 11 is 0. The highest BCUT2D eigenvalue weighted by Gasteiger charge is 2.54. The maximum atomic E-state index is 13.9. The topological polar surface area (TPSA) is 21.3 Å². The first-order valence-corrected chi connectivity index (χ1v) is 5.92. The second-order valence-corrected chi connectivity index (χ2v) is 4.37. The lowest BCUT2D eigenvalue weighted by Gasteiger charge is -2.34. The predicted molar refractivity (Wildman–Crippen MR) is 64.7 cm³/mol. The van der Waals surface area contributed by atoms with Crippen molar-refractivity contribution in [2.75, 3.05) is 13.7 Å². The van der Waals surface area contributed by atoms with Crippen LogP contribution in [0.4, 0.5) is 17.6 Å². The quantitative estimate of drug-likeness (QED) is 0.831. The highest BCUT2D eigenvalue weighted by molar-refractivity contribution is 5.41.